The molecule has 1 saturated heterocycles. The van der Waals surface area contributed by atoms with Gasteiger partial charge in [-0.2, -0.15) is 0 Å². The van der Waals surface area contributed by atoms with E-state index in [1.54, 1.807) is 45.9 Å². The summed E-state index contributed by atoms with van der Waals surface area (Å²) in [5, 5.41) is 1.01. The molecule has 0 bridgehead atoms. The maximum Gasteiger partial charge on any atom is 0.325 e. The highest BCUT2D eigenvalue weighted by Crippen LogP contribution is 2.22. The molecule has 0 radical (unpaired) electrons. The monoisotopic (exact) mass is 411 g/mol. The highest BCUT2D eigenvalue weighted by Gasteiger charge is 2.28. The van der Waals surface area contributed by atoms with Crippen LogP contribution in [-0.4, -0.2) is 61.1 Å². The van der Waals surface area contributed by atoms with Gasteiger partial charge in [0.25, 0.3) is 5.56 Å². The lowest BCUT2D eigenvalue weighted by Crippen LogP contribution is -2.30. The van der Waals surface area contributed by atoms with Crippen LogP contribution in [0.25, 0.3) is 16.9 Å². The molecule has 1 aliphatic rings. The van der Waals surface area contributed by atoms with Crippen LogP contribution in [0.5, 0.6) is 0 Å². The Hall–Kier alpha value is -3.14. The van der Waals surface area contributed by atoms with Gasteiger partial charge < -0.3 is 4.90 Å². The number of fused-ring (bicyclic) bond motifs is 1. The average Bonchev–Trinajstić information content (AvgIpc) is 3.19. The van der Waals surface area contributed by atoms with E-state index in [9.17, 15) is 9.59 Å². The molecule has 0 atom stereocenters. The van der Waals surface area contributed by atoms with Crippen molar-refractivity contribution in [3.05, 3.63) is 47.4 Å². The molecule has 150 valence electrons. The lowest BCUT2D eigenvalue weighted by atomic mass is 10.4. The predicted octanol–water partition coefficient (Wildman–Crippen LogP) is 2.15. The molecule has 0 aromatic carbocycles. The largest absolute Gasteiger partial charge is 0.326 e. The molecule has 0 spiro atoms. The van der Waals surface area contributed by atoms with Crippen molar-refractivity contribution in [3.63, 3.8) is 0 Å². The Bertz CT molecular complexity index is 1150. The molecule has 3 aromatic heterocycles. The van der Waals surface area contributed by atoms with E-state index in [1.807, 2.05) is 13.0 Å². The Morgan fingerprint density at radius 1 is 1.21 bits per heavy atom. The summed E-state index contributed by atoms with van der Waals surface area (Å²) >= 11 is 1.50. The number of hydrogen-bond donors (Lipinski definition) is 0. The van der Waals surface area contributed by atoms with Crippen LogP contribution >= 0.6 is 11.8 Å². The van der Waals surface area contributed by atoms with Crippen molar-refractivity contribution in [2.45, 2.75) is 18.6 Å². The van der Waals surface area contributed by atoms with Gasteiger partial charge >= 0.3 is 6.03 Å². The molecule has 2 amide bonds. The first kappa shape index (κ1) is 19.2. The minimum atomic E-state index is -0.211. The minimum Gasteiger partial charge on any atom is -0.326 e. The fourth-order valence-corrected chi connectivity index (χ4v) is 3.81. The Balaban J connectivity index is 1.90. The van der Waals surface area contributed by atoms with Gasteiger partial charge in [-0.1, -0.05) is 30.8 Å². The number of aromatic nitrogens is 5. The molecule has 0 saturated carbocycles. The van der Waals surface area contributed by atoms with E-state index in [4.69, 9.17) is 0 Å². The molecular formula is C19H21N7O2S. The molecule has 0 aliphatic carbocycles. The third kappa shape index (κ3) is 3.29. The number of allylic oxidation sites excluding steroid dienone is 1. The fourth-order valence-electron chi connectivity index (χ4n) is 3.27. The van der Waals surface area contributed by atoms with E-state index < -0.39 is 0 Å². The van der Waals surface area contributed by atoms with Gasteiger partial charge in [-0.05, 0) is 17.9 Å². The van der Waals surface area contributed by atoms with Gasteiger partial charge in [-0.25, -0.2) is 29.1 Å². The predicted molar refractivity (Wildman–Crippen MR) is 113 cm³/mol. The van der Waals surface area contributed by atoms with Crippen LogP contribution in [0.1, 0.15) is 6.92 Å². The summed E-state index contributed by atoms with van der Waals surface area (Å²) in [6, 6.07) is 5.30. The van der Waals surface area contributed by atoms with Crippen molar-refractivity contribution in [3.8, 4) is 5.82 Å². The van der Waals surface area contributed by atoms with Crippen LogP contribution in [0.2, 0.25) is 0 Å². The lowest BCUT2D eigenvalue weighted by molar-refractivity contribution is 0.229. The van der Waals surface area contributed by atoms with Crippen LogP contribution in [0.15, 0.2) is 47.0 Å². The SMILES string of the molecule is C=CCn1c(=O)c2cnc(SCC)nc2n1-c1cccc(N2CCN(C)C2=O)n1. The maximum atomic E-state index is 12.9. The van der Waals surface area contributed by atoms with Crippen LogP contribution < -0.4 is 10.5 Å². The summed E-state index contributed by atoms with van der Waals surface area (Å²) in [5.74, 6) is 1.86. The van der Waals surface area contributed by atoms with Gasteiger partial charge in [-0.3, -0.25) is 9.69 Å². The maximum absolute atomic E-state index is 12.9. The van der Waals surface area contributed by atoms with Crippen molar-refractivity contribution >= 4 is 34.6 Å². The number of anilines is 1. The fraction of sp³-hybridized carbons (Fsp3) is 0.316. The molecule has 1 aliphatic heterocycles. The molecule has 9 nitrogen and oxygen atoms in total. The van der Waals surface area contributed by atoms with Gasteiger partial charge in [0.1, 0.15) is 11.2 Å². The third-order valence-corrected chi connectivity index (χ3v) is 5.40. The van der Waals surface area contributed by atoms with E-state index in [-0.39, 0.29) is 11.6 Å². The summed E-state index contributed by atoms with van der Waals surface area (Å²) < 4.78 is 3.20. The molecule has 0 unspecified atom stereocenters. The number of amides is 2. The van der Waals surface area contributed by atoms with Crippen LogP contribution in [0.3, 0.4) is 0 Å². The number of pyridine rings is 1. The number of urea groups is 1. The molecule has 29 heavy (non-hydrogen) atoms. The standard InChI is InChI=1S/C19H21N7O2S/c1-4-9-25-17(27)13-12-20-18(29-5-2)22-16(13)26(25)15-8-6-7-14(21-15)24-11-10-23(3)19(24)28/h4,6-8,12H,1,5,9-11H2,2-3H3. The van der Waals surface area contributed by atoms with Gasteiger partial charge in [0.15, 0.2) is 16.6 Å². The van der Waals surface area contributed by atoms with E-state index in [0.29, 0.717) is 47.5 Å². The normalized spacial score (nSPS) is 14.2. The number of carbonyl (C=O) groups is 1. The van der Waals surface area contributed by atoms with Crippen molar-refractivity contribution in [2.75, 3.05) is 30.8 Å². The number of rotatable bonds is 6. The Morgan fingerprint density at radius 2 is 2.00 bits per heavy atom. The van der Waals surface area contributed by atoms with Gasteiger partial charge in [-0.15, -0.1) is 6.58 Å². The first-order valence-electron chi connectivity index (χ1n) is 9.27. The molecule has 0 N–H and O–H groups in total. The molecule has 4 heterocycles. The summed E-state index contributed by atoms with van der Waals surface area (Å²) in [4.78, 5) is 42.1. The van der Waals surface area contributed by atoms with Gasteiger partial charge in [0, 0.05) is 26.3 Å². The Labute approximate surface area is 171 Å². The van der Waals surface area contributed by atoms with Crippen LogP contribution in [0.4, 0.5) is 10.6 Å². The summed E-state index contributed by atoms with van der Waals surface area (Å²) in [5.41, 5.74) is 0.273. The van der Waals surface area contributed by atoms with Crippen molar-refractivity contribution < 1.29 is 4.79 Å². The Morgan fingerprint density at radius 3 is 2.69 bits per heavy atom. The number of nitrogens with zero attached hydrogens (tertiary/aromatic N) is 7. The highest BCUT2D eigenvalue weighted by molar-refractivity contribution is 7.99. The highest BCUT2D eigenvalue weighted by atomic mass is 32.2. The third-order valence-electron chi connectivity index (χ3n) is 4.66. The second-order valence-electron chi connectivity index (χ2n) is 6.52. The molecule has 3 aromatic rings. The zero-order valence-electron chi connectivity index (χ0n) is 16.3. The number of hydrogen-bond acceptors (Lipinski definition) is 6. The topological polar surface area (TPSA) is 89.2 Å². The first-order valence-corrected chi connectivity index (χ1v) is 10.3. The Kier molecular flexibility index (Phi) is 5.10. The molecular weight excluding hydrogens is 390 g/mol. The van der Waals surface area contributed by atoms with Crippen molar-refractivity contribution in [1.82, 2.24) is 29.2 Å². The van der Waals surface area contributed by atoms with E-state index >= 15 is 0 Å². The van der Waals surface area contributed by atoms with Crippen molar-refractivity contribution in [1.29, 1.82) is 0 Å². The molecule has 1 fully saturated rings. The number of likely N-dealkylation sites (N-methyl/N-ethyl adjacent to an activating group) is 1. The van der Waals surface area contributed by atoms with Crippen LogP contribution in [-0.2, 0) is 6.54 Å². The minimum absolute atomic E-state index is 0.0977. The smallest absolute Gasteiger partial charge is 0.325 e. The zero-order chi connectivity index (χ0) is 20.5. The van der Waals surface area contributed by atoms with Crippen LogP contribution in [0, 0.1) is 0 Å². The second-order valence-corrected chi connectivity index (χ2v) is 7.75. The summed E-state index contributed by atoms with van der Waals surface area (Å²) in [7, 11) is 1.76. The average molecular weight is 411 g/mol. The van der Waals surface area contributed by atoms with E-state index in [1.165, 1.54) is 16.4 Å². The lowest BCUT2D eigenvalue weighted by Gasteiger charge is -2.17. The second kappa shape index (κ2) is 7.70. The molecule has 10 heteroatoms. The quantitative estimate of drug-likeness (QED) is 0.351. The number of thioether (sulfide) groups is 1. The molecule has 4 rings (SSSR count). The zero-order valence-corrected chi connectivity index (χ0v) is 17.1. The van der Waals surface area contributed by atoms with E-state index in [2.05, 4.69) is 21.5 Å². The summed E-state index contributed by atoms with van der Waals surface area (Å²) in [6.07, 6.45) is 3.20. The van der Waals surface area contributed by atoms with Gasteiger partial charge in [0.05, 0.1) is 6.54 Å². The van der Waals surface area contributed by atoms with Gasteiger partial charge in [0.2, 0.25) is 0 Å². The van der Waals surface area contributed by atoms with Crippen molar-refractivity contribution in [2.24, 2.45) is 0 Å². The van der Waals surface area contributed by atoms with E-state index in [0.717, 1.165) is 5.75 Å². The first-order chi connectivity index (χ1) is 14.0. The number of carbonyl (C=O) groups excluding carboxylic acids is 1. The summed E-state index contributed by atoms with van der Waals surface area (Å²) in [6.45, 7) is 7.28.